The van der Waals surface area contributed by atoms with Gasteiger partial charge in [0.25, 0.3) is 0 Å². The Labute approximate surface area is 113 Å². The minimum absolute atomic E-state index is 0.0443. The number of halogens is 1. The van der Waals surface area contributed by atoms with Gasteiger partial charge in [-0.25, -0.2) is 9.18 Å². The molecule has 0 aliphatic carbocycles. The molecule has 1 aromatic carbocycles. The second kappa shape index (κ2) is 5.52. The van der Waals surface area contributed by atoms with Crippen molar-refractivity contribution in [1.29, 1.82) is 0 Å². The number of carbonyl (C=O) groups excluding carboxylic acids is 1. The summed E-state index contributed by atoms with van der Waals surface area (Å²) in [4.78, 5) is 11.2. The van der Waals surface area contributed by atoms with Crippen LogP contribution >= 0.6 is 0 Å². The Bertz CT molecular complexity index is 638. The highest BCUT2D eigenvalue weighted by Gasteiger charge is 2.24. The van der Waals surface area contributed by atoms with Crippen molar-refractivity contribution in [3.63, 3.8) is 0 Å². The van der Waals surface area contributed by atoms with Crippen molar-refractivity contribution >= 4 is 12.0 Å². The lowest BCUT2D eigenvalue weighted by Crippen LogP contribution is -2.12. The standard InChI is InChI=1S/C13H12FNO5/c1-2-19-13(18)15-12-10(17)9(16)11(20-12)7-5-3-4-6-8(7)14/h3-6,16-17H,2H2,1H3,(H,15,18). The molecule has 6 nitrogen and oxygen atoms in total. The Morgan fingerprint density at radius 3 is 2.70 bits per heavy atom. The van der Waals surface area contributed by atoms with E-state index in [0.29, 0.717) is 0 Å². The number of furan rings is 1. The number of aromatic hydroxyl groups is 2. The minimum atomic E-state index is -0.864. The summed E-state index contributed by atoms with van der Waals surface area (Å²) in [5.41, 5.74) is -0.0443. The number of hydrogen-bond donors (Lipinski definition) is 3. The van der Waals surface area contributed by atoms with Crippen LogP contribution in [-0.4, -0.2) is 22.9 Å². The third-order valence-corrected chi connectivity index (χ3v) is 2.47. The molecule has 0 aliphatic heterocycles. The van der Waals surface area contributed by atoms with Crippen molar-refractivity contribution < 1.29 is 28.6 Å². The van der Waals surface area contributed by atoms with Crippen LogP contribution in [0.4, 0.5) is 15.1 Å². The quantitative estimate of drug-likeness (QED) is 0.804. The van der Waals surface area contributed by atoms with E-state index in [1.54, 1.807) is 6.92 Å². The Hall–Kier alpha value is -2.70. The molecular weight excluding hydrogens is 269 g/mol. The van der Waals surface area contributed by atoms with Crippen molar-refractivity contribution in [2.75, 3.05) is 11.9 Å². The minimum Gasteiger partial charge on any atom is -0.502 e. The summed E-state index contributed by atoms with van der Waals surface area (Å²) < 4.78 is 23.3. The van der Waals surface area contributed by atoms with E-state index in [1.165, 1.54) is 24.3 Å². The Kier molecular flexibility index (Phi) is 3.79. The zero-order valence-electron chi connectivity index (χ0n) is 10.5. The highest BCUT2D eigenvalue weighted by atomic mass is 19.1. The smallest absolute Gasteiger partial charge is 0.414 e. The van der Waals surface area contributed by atoms with E-state index in [0.717, 1.165) is 0 Å². The highest BCUT2D eigenvalue weighted by Crippen LogP contribution is 2.45. The topological polar surface area (TPSA) is 91.9 Å². The highest BCUT2D eigenvalue weighted by molar-refractivity contribution is 5.87. The van der Waals surface area contributed by atoms with Gasteiger partial charge in [-0.2, -0.15) is 0 Å². The van der Waals surface area contributed by atoms with Gasteiger partial charge in [0, 0.05) is 0 Å². The van der Waals surface area contributed by atoms with E-state index in [9.17, 15) is 19.4 Å². The first-order chi connectivity index (χ1) is 9.54. The zero-order chi connectivity index (χ0) is 14.7. The Morgan fingerprint density at radius 2 is 2.05 bits per heavy atom. The molecule has 1 heterocycles. The van der Waals surface area contributed by atoms with Gasteiger partial charge in [0.2, 0.25) is 17.4 Å². The molecule has 0 unspecified atom stereocenters. The van der Waals surface area contributed by atoms with Crippen LogP contribution in [0, 0.1) is 5.82 Å². The van der Waals surface area contributed by atoms with E-state index in [4.69, 9.17) is 4.42 Å². The van der Waals surface area contributed by atoms with Gasteiger partial charge in [-0.1, -0.05) is 12.1 Å². The molecule has 0 atom stereocenters. The molecule has 7 heteroatoms. The monoisotopic (exact) mass is 281 g/mol. The fraction of sp³-hybridized carbons (Fsp3) is 0.154. The summed E-state index contributed by atoms with van der Waals surface area (Å²) in [6.45, 7) is 1.73. The molecule has 0 spiro atoms. The van der Waals surface area contributed by atoms with Crippen molar-refractivity contribution in [2.45, 2.75) is 6.92 Å². The first-order valence-electron chi connectivity index (χ1n) is 5.78. The summed E-state index contributed by atoms with van der Waals surface area (Å²) in [5, 5.41) is 21.5. The molecule has 0 aliphatic rings. The van der Waals surface area contributed by atoms with Gasteiger partial charge in [-0.15, -0.1) is 0 Å². The van der Waals surface area contributed by atoms with Gasteiger partial charge in [0.15, 0.2) is 5.76 Å². The molecular formula is C13H12FNO5. The van der Waals surface area contributed by atoms with Crippen LogP contribution in [-0.2, 0) is 4.74 Å². The summed E-state index contributed by atoms with van der Waals surface area (Å²) in [5.74, 6) is -2.70. The summed E-state index contributed by atoms with van der Waals surface area (Å²) in [7, 11) is 0. The second-order valence-electron chi connectivity index (χ2n) is 3.78. The number of anilines is 1. The van der Waals surface area contributed by atoms with Gasteiger partial charge in [0.1, 0.15) is 5.82 Å². The van der Waals surface area contributed by atoms with E-state index >= 15 is 0 Å². The fourth-order valence-electron chi connectivity index (χ4n) is 1.59. The van der Waals surface area contributed by atoms with Crippen LogP contribution in [0.15, 0.2) is 28.7 Å². The normalized spacial score (nSPS) is 10.3. The van der Waals surface area contributed by atoms with Crippen LogP contribution in [0.5, 0.6) is 11.5 Å². The number of ether oxygens (including phenoxy) is 1. The lowest BCUT2D eigenvalue weighted by molar-refractivity contribution is 0.167. The summed E-state index contributed by atoms with van der Waals surface area (Å²) in [6, 6.07) is 5.54. The van der Waals surface area contributed by atoms with E-state index in [2.05, 4.69) is 10.1 Å². The average Bonchev–Trinajstić information content (AvgIpc) is 2.68. The van der Waals surface area contributed by atoms with Crippen molar-refractivity contribution in [3.8, 4) is 22.8 Å². The molecule has 2 aromatic rings. The van der Waals surface area contributed by atoms with Gasteiger partial charge >= 0.3 is 6.09 Å². The lowest BCUT2D eigenvalue weighted by atomic mass is 10.1. The third kappa shape index (κ3) is 2.51. The molecule has 3 N–H and O–H groups in total. The summed E-state index contributed by atoms with van der Waals surface area (Å²) in [6.07, 6.45) is -0.864. The third-order valence-electron chi connectivity index (χ3n) is 2.47. The maximum absolute atomic E-state index is 13.6. The van der Waals surface area contributed by atoms with Crippen LogP contribution in [0.3, 0.4) is 0 Å². The van der Waals surface area contributed by atoms with Crippen LogP contribution in [0.25, 0.3) is 11.3 Å². The Morgan fingerprint density at radius 1 is 1.35 bits per heavy atom. The molecule has 20 heavy (non-hydrogen) atoms. The maximum atomic E-state index is 13.6. The van der Waals surface area contributed by atoms with Crippen LogP contribution in [0.2, 0.25) is 0 Å². The SMILES string of the molecule is CCOC(=O)Nc1oc(-c2ccccc2F)c(O)c1O. The predicted molar refractivity (Wildman–Crippen MR) is 68.1 cm³/mol. The van der Waals surface area contributed by atoms with E-state index in [1.807, 2.05) is 0 Å². The second-order valence-corrected chi connectivity index (χ2v) is 3.78. The number of hydrogen-bond acceptors (Lipinski definition) is 5. The van der Waals surface area contributed by atoms with Gasteiger partial charge in [-0.05, 0) is 19.1 Å². The van der Waals surface area contributed by atoms with Gasteiger partial charge < -0.3 is 19.4 Å². The van der Waals surface area contributed by atoms with Gasteiger partial charge in [-0.3, -0.25) is 5.32 Å². The Balaban J connectivity index is 2.38. The largest absolute Gasteiger partial charge is 0.502 e. The molecule has 106 valence electrons. The number of benzene rings is 1. The molecule has 2 rings (SSSR count). The summed E-state index contributed by atoms with van der Waals surface area (Å²) >= 11 is 0. The predicted octanol–water partition coefficient (Wildman–Crippen LogP) is 3.07. The molecule has 0 saturated heterocycles. The molecule has 0 radical (unpaired) electrons. The van der Waals surface area contributed by atoms with Crippen molar-refractivity contribution in [3.05, 3.63) is 30.1 Å². The average molecular weight is 281 g/mol. The number of carbonyl (C=O) groups is 1. The number of rotatable bonds is 3. The van der Waals surface area contributed by atoms with Crippen molar-refractivity contribution in [2.24, 2.45) is 0 Å². The van der Waals surface area contributed by atoms with Gasteiger partial charge in [0.05, 0.1) is 12.2 Å². The van der Waals surface area contributed by atoms with Crippen LogP contribution in [0.1, 0.15) is 6.92 Å². The first-order valence-corrected chi connectivity index (χ1v) is 5.78. The zero-order valence-corrected chi connectivity index (χ0v) is 10.5. The van der Waals surface area contributed by atoms with E-state index in [-0.39, 0.29) is 17.9 Å². The molecule has 0 saturated carbocycles. The van der Waals surface area contributed by atoms with E-state index < -0.39 is 29.3 Å². The number of amides is 1. The van der Waals surface area contributed by atoms with Crippen molar-refractivity contribution in [1.82, 2.24) is 0 Å². The molecule has 0 bridgehead atoms. The van der Waals surface area contributed by atoms with Crippen LogP contribution < -0.4 is 5.32 Å². The molecule has 0 fully saturated rings. The molecule has 1 amide bonds. The fourth-order valence-corrected chi connectivity index (χ4v) is 1.59. The lowest BCUT2D eigenvalue weighted by Gasteiger charge is -2.01. The first kappa shape index (κ1) is 13.7. The number of nitrogens with one attached hydrogen (secondary N) is 1. The molecule has 1 aromatic heterocycles. The maximum Gasteiger partial charge on any atom is 0.414 e.